The van der Waals surface area contributed by atoms with Crippen molar-refractivity contribution in [2.45, 2.75) is 31.9 Å². The van der Waals surface area contributed by atoms with Crippen LogP contribution in [0.5, 0.6) is 0 Å². The Bertz CT molecular complexity index is 1660. The molecular weight excluding hydrogens is 595 g/mol. The summed E-state index contributed by atoms with van der Waals surface area (Å²) in [5.41, 5.74) is 0.567. The number of pyridine rings is 1. The number of alkyl halides is 3. The van der Waals surface area contributed by atoms with Gasteiger partial charge in [-0.1, -0.05) is 45.3 Å². The molecule has 0 radical (unpaired) electrons. The van der Waals surface area contributed by atoms with Gasteiger partial charge in [0, 0.05) is 31.0 Å². The Labute approximate surface area is 238 Å². The molecule has 2 aliphatic rings. The van der Waals surface area contributed by atoms with Crippen LogP contribution in [0.3, 0.4) is 0 Å². The van der Waals surface area contributed by atoms with Crippen molar-refractivity contribution in [3.05, 3.63) is 62.8 Å². The van der Waals surface area contributed by atoms with E-state index in [1.807, 2.05) is 4.90 Å². The molecule has 6 rings (SSSR count). The first-order chi connectivity index (χ1) is 18.9. The number of nitrogens with zero attached hydrogens (tertiary/aromatic N) is 4. The van der Waals surface area contributed by atoms with Crippen molar-refractivity contribution in [3.63, 3.8) is 0 Å². The Morgan fingerprint density at radius 3 is 2.45 bits per heavy atom. The number of benzene rings is 1. The molecule has 3 aromatic heterocycles. The lowest BCUT2D eigenvalue weighted by Crippen LogP contribution is -2.44. The van der Waals surface area contributed by atoms with Crippen LogP contribution in [0.25, 0.3) is 27.6 Å². The van der Waals surface area contributed by atoms with Gasteiger partial charge >= 0.3 is 12.1 Å². The Morgan fingerprint density at radius 2 is 1.82 bits per heavy atom. The third-order valence-corrected chi connectivity index (χ3v) is 9.04. The third kappa shape index (κ3) is 4.71. The maximum absolute atomic E-state index is 14.4. The minimum absolute atomic E-state index is 0.0561. The highest BCUT2D eigenvalue weighted by Crippen LogP contribution is 2.54. The lowest BCUT2D eigenvalue weighted by atomic mass is 9.60. The van der Waals surface area contributed by atoms with Crippen LogP contribution in [0.1, 0.15) is 47.4 Å². The summed E-state index contributed by atoms with van der Waals surface area (Å²) in [6.07, 6.45) is 2.01. The fourth-order valence-electron chi connectivity index (χ4n) is 5.43. The second-order valence-corrected chi connectivity index (χ2v) is 11.8. The SMILES string of the molecule is O=C(O)c1cc(F)c2nc(N3CCC4(CC3)CC(=Cc3c(-c5c(Cl)cncc5Cl)noc3C(F)(F)F)C4)sc2c1. The molecular formula is C26H18Cl2F4N4O3S. The van der Waals surface area contributed by atoms with Gasteiger partial charge in [-0.2, -0.15) is 13.2 Å². The van der Waals surface area contributed by atoms with Crippen LogP contribution in [0.4, 0.5) is 22.7 Å². The molecule has 0 atom stereocenters. The molecule has 4 aromatic rings. The summed E-state index contributed by atoms with van der Waals surface area (Å²) in [5, 5.41) is 13.6. The van der Waals surface area contributed by atoms with Gasteiger partial charge in [-0.25, -0.2) is 14.2 Å². The number of hydrogen-bond donors (Lipinski definition) is 1. The van der Waals surface area contributed by atoms with Crippen molar-refractivity contribution in [1.82, 2.24) is 15.1 Å². The molecule has 0 amide bonds. The molecule has 208 valence electrons. The van der Waals surface area contributed by atoms with Crippen LogP contribution in [0.2, 0.25) is 10.0 Å². The van der Waals surface area contributed by atoms with E-state index in [-0.39, 0.29) is 43.4 Å². The fourth-order valence-corrected chi connectivity index (χ4v) is 7.05. The van der Waals surface area contributed by atoms with Crippen molar-refractivity contribution >= 4 is 61.9 Å². The monoisotopic (exact) mass is 612 g/mol. The normalized spacial score (nSPS) is 16.9. The fraction of sp³-hybridized carbons (Fsp3) is 0.308. The minimum Gasteiger partial charge on any atom is -0.478 e. The summed E-state index contributed by atoms with van der Waals surface area (Å²) >= 11 is 13.6. The Kier molecular flexibility index (Phi) is 6.54. The average molecular weight is 613 g/mol. The van der Waals surface area contributed by atoms with E-state index in [0.29, 0.717) is 35.8 Å². The van der Waals surface area contributed by atoms with Crippen molar-refractivity contribution in [1.29, 1.82) is 0 Å². The van der Waals surface area contributed by atoms with E-state index in [0.717, 1.165) is 24.5 Å². The molecule has 2 fully saturated rings. The van der Waals surface area contributed by atoms with Crippen molar-refractivity contribution in [2.75, 3.05) is 18.0 Å². The maximum Gasteiger partial charge on any atom is 0.453 e. The molecule has 1 aliphatic heterocycles. The smallest absolute Gasteiger partial charge is 0.453 e. The number of aromatic nitrogens is 3. The minimum atomic E-state index is -4.77. The summed E-state index contributed by atoms with van der Waals surface area (Å²) in [4.78, 5) is 21.5. The van der Waals surface area contributed by atoms with E-state index in [9.17, 15) is 27.5 Å². The van der Waals surface area contributed by atoms with Crippen molar-refractivity contribution in [2.24, 2.45) is 5.41 Å². The number of thiazole rings is 1. The maximum atomic E-state index is 14.4. The van der Waals surface area contributed by atoms with Gasteiger partial charge in [0.1, 0.15) is 11.2 Å². The number of rotatable bonds is 4. The first-order valence-corrected chi connectivity index (χ1v) is 13.7. The van der Waals surface area contributed by atoms with Crippen LogP contribution in [-0.2, 0) is 6.18 Å². The van der Waals surface area contributed by atoms with Crippen molar-refractivity contribution < 1.29 is 32.0 Å². The van der Waals surface area contributed by atoms with E-state index in [4.69, 9.17) is 27.7 Å². The van der Waals surface area contributed by atoms with Gasteiger partial charge in [0.25, 0.3) is 0 Å². The predicted octanol–water partition coefficient (Wildman–Crippen LogP) is 7.97. The highest BCUT2D eigenvalue weighted by Gasteiger charge is 2.45. The zero-order valence-corrected chi connectivity index (χ0v) is 22.7. The van der Waals surface area contributed by atoms with E-state index >= 15 is 0 Å². The molecule has 7 nitrogen and oxygen atoms in total. The summed E-state index contributed by atoms with van der Waals surface area (Å²) in [6, 6.07) is 2.38. The molecule has 0 unspecified atom stereocenters. The standard InChI is InChI=1S/C26H18Cl2F4N4O3S/c27-15-10-33-11-16(28)19(15)20-14(22(39-35-20)26(30,31)32)5-12-8-25(9-12)1-3-36(4-2-25)24-34-21-17(29)6-13(23(37)38)7-18(21)40-24/h5-7,10-11H,1-4,8-9H2,(H,37,38). The first-order valence-electron chi connectivity index (χ1n) is 12.1. The number of hydrogen-bond acceptors (Lipinski definition) is 7. The summed E-state index contributed by atoms with van der Waals surface area (Å²) in [6.45, 7) is 1.27. The molecule has 14 heteroatoms. The first kappa shape index (κ1) is 27.0. The van der Waals surface area contributed by atoms with Gasteiger partial charge in [0.05, 0.1) is 25.9 Å². The quantitative estimate of drug-likeness (QED) is 0.234. The molecule has 4 heterocycles. The van der Waals surface area contributed by atoms with E-state index in [2.05, 4.69) is 15.1 Å². The summed E-state index contributed by atoms with van der Waals surface area (Å²) in [5.74, 6) is -3.11. The van der Waals surface area contributed by atoms with Crippen LogP contribution < -0.4 is 4.90 Å². The summed E-state index contributed by atoms with van der Waals surface area (Å²) < 4.78 is 60.9. The highest BCUT2D eigenvalue weighted by atomic mass is 35.5. The number of carbonyl (C=O) groups is 1. The molecule has 1 saturated carbocycles. The van der Waals surface area contributed by atoms with Crippen molar-refractivity contribution in [3.8, 4) is 11.3 Å². The molecule has 1 aliphatic carbocycles. The number of piperidine rings is 1. The van der Waals surface area contributed by atoms with Gasteiger partial charge in [-0.3, -0.25) is 4.98 Å². The molecule has 40 heavy (non-hydrogen) atoms. The highest BCUT2D eigenvalue weighted by molar-refractivity contribution is 7.22. The van der Waals surface area contributed by atoms with Gasteiger partial charge in [0.15, 0.2) is 10.9 Å². The number of aromatic carboxylic acids is 1. The lowest BCUT2D eigenvalue weighted by molar-refractivity contribution is -0.155. The third-order valence-electron chi connectivity index (χ3n) is 7.41. The average Bonchev–Trinajstić information content (AvgIpc) is 3.48. The van der Waals surface area contributed by atoms with E-state index in [1.165, 1.54) is 35.9 Å². The number of allylic oxidation sites excluding steroid dienone is 1. The largest absolute Gasteiger partial charge is 0.478 e. The Hall–Kier alpha value is -3.22. The molecule has 1 aromatic carbocycles. The van der Waals surface area contributed by atoms with Gasteiger partial charge < -0.3 is 14.5 Å². The second-order valence-electron chi connectivity index (χ2n) is 10.00. The zero-order valence-electron chi connectivity index (χ0n) is 20.4. The molecule has 1 saturated heterocycles. The van der Waals surface area contributed by atoms with Crippen LogP contribution in [-0.4, -0.2) is 39.3 Å². The van der Waals surface area contributed by atoms with Crippen LogP contribution >= 0.6 is 34.5 Å². The van der Waals surface area contributed by atoms with Crippen LogP contribution in [0, 0.1) is 11.2 Å². The lowest BCUT2D eigenvalue weighted by Gasteiger charge is -2.49. The van der Waals surface area contributed by atoms with E-state index in [1.54, 1.807) is 0 Å². The number of carboxylic acids is 1. The van der Waals surface area contributed by atoms with Gasteiger partial charge in [-0.15, -0.1) is 0 Å². The Morgan fingerprint density at radius 1 is 1.15 bits per heavy atom. The van der Waals surface area contributed by atoms with Crippen LogP contribution in [0.15, 0.2) is 34.6 Å². The molecule has 1 N–H and O–H groups in total. The number of fused-ring (bicyclic) bond motifs is 1. The predicted molar refractivity (Wildman–Crippen MR) is 142 cm³/mol. The second kappa shape index (κ2) is 9.71. The number of anilines is 1. The number of halogens is 6. The number of carboxylic acid groups (broad SMARTS) is 1. The van der Waals surface area contributed by atoms with E-state index < -0.39 is 23.7 Å². The summed E-state index contributed by atoms with van der Waals surface area (Å²) in [7, 11) is 0. The van der Waals surface area contributed by atoms with Gasteiger partial charge in [0.2, 0.25) is 5.76 Å². The topological polar surface area (TPSA) is 92.3 Å². The zero-order chi connectivity index (χ0) is 28.4. The van der Waals surface area contributed by atoms with Gasteiger partial charge in [-0.05, 0) is 49.3 Å². The molecule has 1 spiro atoms. The molecule has 0 bridgehead atoms. The Balaban J connectivity index is 1.21.